The summed E-state index contributed by atoms with van der Waals surface area (Å²) in [5.74, 6) is 0.671. The van der Waals surface area contributed by atoms with Crippen LogP contribution >= 0.6 is 23.1 Å². The van der Waals surface area contributed by atoms with Gasteiger partial charge in [-0.1, -0.05) is 18.7 Å². The Morgan fingerprint density at radius 2 is 2.36 bits per heavy atom. The number of amides is 1. The Labute approximate surface area is 138 Å². The van der Waals surface area contributed by atoms with Crippen LogP contribution in [0.3, 0.4) is 0 Å². The molecule has 2 heterocycles. The minimum Gasteiger partial charge on any atom is -0.468 e. The van der Waals surface area contributed by atoms with Gasteiger partial charge in [0, 0.05) is 18.0 Å². The maximum absolute atomic E-state index is 12.1. The Balaban J connectivity index is 1.83. The largest absolute Gasteiger partial charge is 0.468 e. The van der Waals surface area contributed by atoms with Gasteiger partial charge in [-0.05, 0) is 19.2 Å². The van der Waals surface area contributed by atoms with Crippen molar-refractivity contribution < 1.29 is 14.3 Å². The first kappa shape index (κ1) is 17.2. The molecular weight excluding hydrogens is 322 g/mol. The van der Waals surface area contributed by atoms with E-state index < -0.39 is 0 Å². The number of thiazole rings is 1. The summed E-state index contributed by atoms with van der Waals surface area (Å²) in [6.07, 6.45) is 0.868. The van der Waals surface area contributed by atoms with Gasteiger partial charge in [-0.2, -0.15) is 0 Å². The molecule has 0 saturated carbocycles. The molecule has 1 aromatic heterocycles. The van der Waals surface area contributed by atoms with Crippen molar-refractivity contribution in [2.45, 2.75) is 36.2 Å². The molecular formula is C14H21N3O3S2. The third-order valence-corrected chi connectivity index (χ3v) is 5.48. The smallest absolute Gasteiger partial charge is 0.323 e. The van der Waals surface area contributed by atoms with Crippen LogP contribution in [0.5, 0.6) is 0 Å². The second kappa shape index (κ2) is 7.94. The van der Waals surface area contributed by atoms with Crippen LogP contribution in [0.15, 0.2) is 9.72 Å². The molecule has 0 spiro atoms. The summed E-state index contributed by atoms with van der Waals surface area (Å²) in [4.78, 5) is 30.1. The summed E-state index contributed by atoms with van der Waals surface area (Å²) in [6, 6.07) is -0.299. The number of carbonyl (C=O) groups is 2. The summed E-state index contributed by atoms with van der Waals surface area (Å²) in [5, 5.41) is 4.90. The number of likely N-dealkylation sites (N-methyl/N-ethyl adjacent to an activating group) is 1. The average molecular weight is 343 g/mol. The molecule has 22 heavy (non-hydrogen) atoms. The maximum Gasteiger partial charge on any atom is 0.323 e. The minimum atomic E-state index is -0.276. The lowest BCUT2D eigenvalue weighted by Gasteiger charge is -2.15. The molecule has 0 unspecified atom stereocenters. The fourth-order valence-corrected chi connectivity index (χ4v) is 4.26. The first-order valence-corrected chi connectivity index (χ1v) is 9.04. The average Bonchev–Trinajstić information content (AvgIpc) is 3.05. The van der Waals surface area contributed by atoms with E-state index in [2.05, 4.69) is 17.2 Å². The van der Waals surface area contributed by atoms with Gasteiger partial charge < -0.3 is 10.1 Å². The number of nitrogens with one attached hydrogen (secondary N) is 1. The van der Waals surface area contributed by atoms with Crippen molar-refractivity contribution in [1.82, 2.24) is 15.2 Å². The molecule has 1 fully saturated rings. The number of hydrogen-bond acceptors (Lipinski definition) is 7. The van der Waals surface area contributed by atoms with Crippen molar-refractivity contribution in [2.75, 3.05) is 26.5 Å². The topological polar surface area (TPSA) is 71.5 Å². The first-order chi connectivity index (χ1) is 10.5. The molecule has 2 rings (SSSR count). The molecule has 2 atom stereocenters. The molecule has 0 aromatic carbocycles. The van der Waals surface area contributed by atoms with Gasteiger partial charge in [0.05, 0.1) is 19.2 Å². The van der Waals surface area contributed by atoms with Crippen LogP contribution in [-0.4, -0.2) is 60.3 Å². The highest BCUT2D eigenvalue weighted by Crippen LogP contribution is 2.22. The van der Waals surface area contributed by atoms with Crippen LogP contribution in [0.4, 0.5) is 0 Å². The lowest BCUT2D eigenvalue weighted by molar-refractivity contribution is -0.145. The number of rotatable bonds is 6. The molecule has 6 nitrogen and oxygen atoms in total. The van der Waals surface area contributed by atoms with E-state index in [1.54, 1.807) is 23.1 Å². The van der Waals surface area contributed by atoms with Crippen LogP contribution in [0.2, 0.25) is 0 Å². The zero-order valence-electron chi connectivity index (χ0n) is 13.0. The van der Waals surface area contributed by atoms with Crippen molar-refractivity contribution in [1.29, 1.82) is 0 Å². The zero-order valence-corrected chi connectivity index (χ0v) is 14.6. The van der Waals surface area contributed by atoms with E-state index in [4.69, 9.17) is 4.74 Å². The van der Waals surface area contributed by atoms with Crippen LogP contribution in [0.1, 0.15) is 19.0 Å². The Bertz CT molecular complexity index is 535. The van der Waals surface area contributed by atoms with Crippen LogP contribution in [-0.2, 0) is 20.7 Å². The highest BCUT2D eigenvalue weighted by Gasteiger charge is 2.35. The van der Waals surface area contributed by atoms with Crippen molar-refractivity contribution >= 4 is 35.0 Å². The molecule has 1 aromatic rings. The second-order valence-corrected chi connectivity index (χ2v) is 7.56. The highest BCUT2D eigenvalue weighted by atomic mass is 32.2. The number of carbonyl (C=O) groups excluding carboxylic acids is 2. The fourth-order valence-electron chi connectivity index (χ4n) is 2.52. The molecule has 1 saturated heterocycles. The van der Waals surface area contributed by atoms with Gasteiger partial charge in [0.2, 0.25) is 5.91 Å². The molecule has 8 heteroatoms. The zero-order chi connectivity index (χ0) is 16.1. The number of esters is 1. The summed E-state index contributed by atoms with van der Waals surface area (Å²) in [7, 11) is 3.25. The molecule has 0 radical (unpaired) electrons. The highest BCUT2D eigenvalue weighted by molar-refractivity contribution is 8.00. The molecule has 0 aliphatic carbocycles. The van der Waals surface area contributed by atoms with Gasteiger partial charge in [-0.3, -0.25) is 14.5 Å². The molecule has 1 N–H and O–H groups in total. The second-order valence-electron chi connectivity index (χ2n) is 5.19. The van der Waals surface area contributed by atoms with E-state index in [1.807, 2.05) is 17.3 Å². The van der Waals surface area contributed by atoms with E-state index >= 15 is 0 Å². The van der Waals surface area contributed by atoms with E-state index in [9.17, 15) is 9.59 Å². The predicted octanol–water partition coefficient (Wildman–Crippen LogP) is 1.16. The summed E-state index contributed by atoms with van der Waals surface area (Å²) < 4.78 is 5.77. The number of thioether (sulfide) groups is 1. The van der Waals surface area contributed by atoms with Crippen LogP contribution in [0.25, 0.3) is 0 Å². The van der Waals surface area contributed by atoms with Gasteiger partial charge in [0.1, 0.15) is 10.4 Å². The molecule has 1 amide bonds. The third kappa shape index (κ3) is 4.44. The van der Waals surface area contributed by atoms with E-state index in [0.29, 0.717) is 13.0 Å². The summed E-state index contributed by atoms with van der Waals surface area (Å²) >= 11 is 3.25. The molecule has 0 bridgehead atoms. The van der Waals surface area contributed by atoms with Gasteiger partial charge >= 0.3 is 5.97 Å². The lowest BCUT2D eigenvalue weighted by atomic mass is 10.1. The van der Waals surface area contributed by atoms with Gasteiger partial charge in [0.15, 0.2) is 0 Å². The maximum atomic E-state index is 12.1. The quantitative estimate of drug-likeness (QED) is 0.617. The Morgan fingerprint density at radius 3 is 3.05 bits per heavy atom. The number of aromatic nitrogens is 1. The number of likely N-dealkylation sites (tertiary alicyclic amines) is 1. The molecule has 1 aliphatic rings. The third-order valence-electron chi connectivity index (χ3n) is 3.53. The fraction of sp³-hybridized carbons (Fsp3) is 0.643. The summed E-state index contributed by atoms with van der Waals surface area (Å²) in [6.45, 7) is 2.73. The minimum absolute atomic E-state index is 0.0234. The Morgan fingerprint density at radius 1 is 1.59 bits per heavy atom. The van der Waals surface area contributed by atoms with Crippen molar-refractivity contribution in [3.8, 4) is 0 Å². The van der Waals surface area contributed by atoms with E-state index in [-0.39, 0.29) is 30.4 Å². The predicted molar refractivity (Wildman–Crippen MR) is 87.2 cm³/mol. The number of methoxy groups -OCH3 is 1. The van der Waals surface area contributed by atoms with E-state index in [0.717, 1.165) is 15.8 Å². The van der Waals surface area contributed by atoms with Crippen molar-refractivity contribution in [3.05, 3.63) is 11.1 Å². The first-order valence-electron chi connectivity index (χ1n) is 7.18. The van der Waals surface area contributed by atoms with Crippen LogP contribution < -0.4 is 5.32 Å². The van der Waals surface area contributed by atoms with Crippen molar-refractivity contribution in [3.63, 3.8) is 0 Å². The van der Waals surface area contributed by atoms with Gasteiger partial charge in [-0.15, -0.1) is 11.3 Å². The van der Waals surface area contributed by atoms with Gasteiger partial charge in [0.25, 0.3) is 0 Å². The molecule has 122 valence electrons. The standard InChI is InChI=1S/C14H21N3O3S2/c1-4-21-14-16-10(8-22-14)6-12(18)15-9-5-11(13(19)20-3)17(2)7-9/h8-9,11H,4-7H2,1-3H3,(H,15,18)/t9-,11+/m1/s1. The monoisotopic (exact) mass is 343 g/mol. The summed E-state index contributed by atoms with van der Waals surface area (Å²) in [5.41, 5.74) is 0.800. The molecule has 1 aliphatic heterocycles. The SMILES string of the molecule is CCSc1nc(CC(=O)N[C@@H]2C[C@@H](C(=O)OC)N(C)C2)cs1. The van der Waals surface area contributed by atoms with Crippen molar-refractivity contribution in [2.24, 2.45) is 0 Å². The van der Waals surface area contributed by atoms with E-state index in [1.165, 1.54) is 7.11 Å². The van der Waals surface area contributed by atoms with Crippen LogP contribution in [0, 0.1) is 0 Å². The lowest BCUT2D eigenvalue weighted by Crippen LogP contribution is -2.37. The van der Waals surface area contributed by atoms with Gasteiger partial charge in [-0.25, -0.2) is 4.98 Å². The number of ether oxygens (including phenoxy) is 1. The normalized spacial score (nSPS) is 21.8. The number of nitrogens with zero attached hydrogens (tertiary/aromatic N) is 2. The Hall–Kier alpha value is -1.12. The number of hydrogen-bond donors (Lipinski definition) is 1. The Kier molecular flexibility index (Phi) is 6.22.